The molecule has 0 spiro atoms. The van der Waals surface area contributed by atoms with E-state index in [2.05, 4.69) is 12.2 Å². The van der Waals surface area contributed by atoms with Crippen molar-refractivity contribution in [2.45, 2.75) is 12.8 Å². The van der Waals surface area contributed by atoms with Crippen LogP contribution in [0.15, 0.2) is 24.3 Å². The summed E-state index contributed by atoms with van der Waals surface area (Å²) < 4.78 is 5.08. The van der Waals surface area contributed by atoms with Crippen LogP contribution in [0.4, 0.5) is 0 Å². The lowest BCUT2D eigenvalue weighted by Gasteiger charge is -2.12. The van der Waals surface area contributed by atoms with Gasteiger partial charge in [0, 0.05) is 6.54 Å². The summed E-state index contributed by atoms with van der Waals surface area (Å²) in [4.78, 5) is 11.0. The fourth-order valence-electron chi connectivity index (χ4n) is 1.36. The molecule has 0 aliphatic heterocycles. The van der Waals surface area contributed by atoms with Crippen molar-refractivity contribution in [3.05, 3.63) is 29.8 Å². The Bertz CT molecular complexity index is 337. The Morgan fingerprint density at radius 3 is 2.56 bits per heavy atom. The van der Waals surface area contributed by atoms with E-state index in [1.165, 1.54) is 0 Å². The summed E-state index contributed by atoms with van der Waals surface area (Å²) in [7, 11) is 1.64. The minimum Gasteiger partial charge on any atom is -0.497 e. The van der Waals surface area contributed by atoms with Crippen LogP contribution in [0.5, 0.6) is 5.75 Å². The monoisotopic (exact) mass is 241 g/mol. The summed E-state index contributed by atoms with van der Waals surface area (Å²) >= 11 is 5.39. The minimum atomic E-state index is -0.137. The van der Waals surface area contributed by atoms with Crippen molar-refractivity contribution in [2.75, 3.05) is 19.5 Å². The molecule has 0 fully saturated rings. The normalized spacial score (nSPS) is 11.9. The zero-order valence-corrected chi connectivity index (χ0v) is 10.3. The molecule has 1 N–H and O–H groups in total. The van der Waals surface area contributed by atoms with Gasteiger partial charge in [0.2, 0.25) is 5.91 Å². The summed E-state index contributed by atoms with van der Waals surface area (Å²) in [5.41, 5.74) is 1.16. The SMILES string of the molecule is COc1ccc(C(C)CNC(=O)CCl)cc1. The molecule has 1 rings (SSSR count). The molecule has 3 nitrogen and oxygen atoms in total. The molecular weight excluding hydrogens is 226 g/mol. The van der Waals surface area contributed by atoms with E-state index in [-0.39, 0.29) is 17.7 Å². The lowest BCUT2D eigenvalue weighted by molar-refractivity contribution is -0.118. The van der Waals surface area contributed by atoms with Gasteiger partial charge in [-0.15, -0.1) is 11.6 Å². The van der Waals surface area contributed by atoms with Crippen molar-refractivity contribution >= 4 is 17.5 Å². The van der Waals surface area contributed by atoms with E-state index in [0.29, 0.717) is 6.54 Å². The highest BCUT2D eigenvalue weighted by Crippen LogP contribution is 2.18. The van der Waals surface area contributed by atoms with E-state index in [1.807, 2.05) is 24.3 Å². The maximum atomic E-state index is 11.0. The highest BCUT2D eigenvalue weighted by molar-refractivity contribution is 6.27. The fourth-order valence-corrected chi connectivity index (χ4v) is 1.46. The molecule has 16 heavy (non-hydrogen) atoms. The van der Waals surface area contributed by atoms with Gasteiger partial charge in [-0.05, 0) is 23.6 Å². The smallest absolute Gasteiger partial charge is 0.234 e. The average molecular weight is 242 g/mol. The Hall–Kier alpha value is -1.22. The topological polar surface area (TPSA) is 38.3 Å². The number of hydrogen-bond donors (Lipinski definition) is 1. The maximum absolute atomic E-state index is 11.0. The Balaban J connectivity index is 2.52. The number of carbonyl (C=O) groups is 1. The van der Waals surface area contributed by atoms with E-state index in [0.717, 1.165) is 11.3 Å². The molecular formula is C12H16ClNO2. The quantitative estimate of drug-likeness (QED) is 0.803. The second kappa shape index (κ2) is 6.38. The summed E-state index contributed by atoms with van der Waals surface area (Å²) in [6.07, 6.45) is 0. The second-order valence-corrected chi connectivity index (χ2v) is 3.88. The van der Waals surface area contributed by atoms with Gasteiger partial charge in [0.1, 0.15) is 11.6 Å². The molecule has 0 radical (unpaired) electrons. The van der Waals surface area contributed by atoms with E-state index in [4.69, 9.17) is 16.3 Å². The Morgan fingerprint density at radius 1 is 1.44 bits per heavy atom. The maximum Gasteiger partial charge on any atom is 0.234 e. The van der Waals surface area contributed by atoms with Crippen molar-refractivity contribution < 1.29 is 9.53 Å². The van der Waals surface area contributed by atoms with Crippen molar-refractivity contribution in [1.29, 1.82) is 0 Å². The van der Waals surface area contributed by atoms with Crippen LogP contribution >= 0.6 is 11.6 Å². The molecule has 1 amide bonds. The number of rotatable bonds is 5. The van der Waals surface area contributed by atoms with E-state index < -0.39 is 0 Å². The lowest BCUT2D eigenvalue weighted by atomic mass is 10.0. The first kappa shape index (κ1) is 12.8. The van der Waals surface area contributed by atoms with Crippen molar-refractivity contribution in [1.82, 2.24) is 5.32 Å². The fraction of sp³-hybridized carbons (Fsp3) is 0.417. The third-order valence-electron chi connectivity index (χ3n) is 2.41. The molecule has 0 saturated heterocycles. The Morgan fingerprint density at radius 2 is 2.06 bits per heavy atom. The third-order valence-corrected chi connectivity index (χ3v) is 2.65. The zero-order chi connectivity index (χ0) is 12.0. The molecule has 0 saturated carbocycles. The number of alkyl halides is 1. The second-order valence-electron chi connectivity index (χ2n) is 3.61. The molecule has 88 valence electrons. The number of hydrogen-bond acceptors (Lipinski definition) is 2. The van der Waals surface area contributed by atoms with Crippen LogP contribution < -0.4 is 10.1 Å². The predicted octanol–water partition coefficient (Wildman–Crippen LogP) is 2.15. The Labute approximate surface area is 101 Å². The molecule has 0 bridgehead atoms. The number of methoxy groups -OCH3 is 1. The molecule has 1 aromatic rings. The number of amides is 1. The van der Waals surface area contributed by atoms with Crippen molar-refractivity contribution in [3.8, 4) is 5.75 Å². The van der Waals surface area contributed by atoms with Gasteiger partial charge < -0.3 is 10.1 Å². The van der Waals surface area contributed by atoms with Gasteiger partial charge in [0.05, 0.1) is 7.11 Å². The van der Waals surface area contributed by atoms with Gasteiger partial charge in [0.15, 0.2) is 0 Å². The van der Waals surface area contributed by atoms with Crippen LogP contribution in [-0.2, 0) is 4.79 Å². The first-order valence-corrected chi connectivity index (χ1v) is 5.67. The molecule has 0 heterocycles. The highest BCUT2D eigenvalue weighted by Gasteiger charge is 2.07. The average Bonchev–Trinajstić information content (AvgIpc) is 2.35. The van der Waals surface area contributed by atoms with Gasteiger partial charge in [-0.1, -0.05) is 19.1 Å². The van der Waals surface area contributed by atoms with Crippen LogP contribution in [0.2, 0.25) is 0 Å². The molecule has 4 heteroatoms. The van der Waals surface area contributed by atoms with Crippen LogP contribution in [-0.4, -0.2) is 25.4 Å². The number of halogens is 1. The summed E-state index contributed by atoms with van der Waals surface area (Å²) in [6.45, 7) is 2.65. The molecule has 0 aromatic heterocycles. The van der Waals surface area contributed by atoms with Gasteiger partial charge in [-0.25, -0.2) is 0 Å². The summed E-state index contributed by atoms with van der Waals surface area (Å²) in [6, 6.07) is 7.82. The van der Waals surface area contributed by atoms with Crippen LogP contribution in [0, 0.1) is 0 Å². The van der Waals surface area contributed by atoms with Crippen LogP contribution in [0.3, 0.4) is 0 Å². The van der Waals surface area contributed by atoms with Gasteiger partial charge >= 0.3 is 0 Å². The molecule has 1 aromatic carbocycles. The highest BCUT2D eigenvalue weighted by atomic mass is 35.5. The largest absolute Gasteiger partial charge is 0.497 e. The zero-order valence-electron chi connectivity index (χ0n) is 9.50. The van der Waals surface area contributed by atoms with E-state index in [9.17, 15) is 4.79 Å². The number of carbonyl (C=O) groups excluding carboxylic acids is 1. The van der Waals surface area contributed by atoms with Crippen LogP contribution in [0.25, 0.3) is 0 Å². The third kappa shape index (κ3) is 3.74. The van der Waals surface area contributed by atoms with Gasteiger partial charge in [-0.2, -0.15) is 0 Å². The van der Waals surface area contributed by atoms with Crippen molar-refractivity contribution in [3.63, 3.8) is 0 Å². The van der Waals surface area contributed by atoms with Gasteiger partial charge in [-0.3, -0.25) is 4.79 Å². The Kier molecular flexibility index (Phi) is 5.12. The van der Waals surface area contributed by atoms with E-state index >= 15 is 0 Å². The first-order valence-electron chi connectivity index (χ1n) is 5.14. The predicted molar refractivity (Wildman–Crippen MR) is 65.1 cm³/mol. The summed E-state index contributed by atoms with van der Waals surface area (Å²) in [5, 5.41) is 2.76. The minimum absolute atomic E-state index is 0.00926. The van der Waals surface area contributed by atoms with Crippen LogP contribution in [0.1, 0.15) is 18.4 Å². The molecule has 0 aliphatic carbocycles. The molecule has 1 unspecified atom stereocenters. The van der Waals surface area contributed by atoms with E-state index in [1.54, 1.807) is 7.11 Å². The molecule has 1 atom stereocenters. The van der Waals surface area contributed by atoms with Gasteiger partial charge in [0.25, 0.3) is 0 Å². The van der Waals surface area contributed by atoms with Crippen molar-refractivity contribution in [2.24, 2.45) is 0 Å². The standard InChI is InChI=1S/C12H16ClNO2/c1-9(8-14-12(15)7-13)10-3-5-11(16-2)6-4-10/h3-6,9H,7-8H2,1-2H3,(H,14,15). The molecule has 0 aliphatic rings. The number of benzene rings is 1. The lowest BCUT2D eigenvalue weighted by Crippen LogP contribution is -2.28. The number of ether oxygens (including phenoxy) is 1. The first-order chi connectivity index (χ1) is 7.67. The summed E-state index contributed by atoms with van der Waals surface area (Å²) in [5.74, 6) is 0.968. The number of nitrogens with one attached hydrogen (secondary N) is 1.